The Labute approximate surface area is 146 Å². The Kier molecular flexibility index (Phi) is 5.38. The second-order valence-corrected chi connectivity index (χ2v) is 6.14. The largest absolute Gasteiger partial charge is 0.466 e. The van der Waals surface area contributed by atoms with E-state index in [1.165, 1.54) is 6.20 Å². The first-order chi connectivity index (χ1) is 12.2. The highest BCUT2D eigenvalue weighted by molar-refractivity contribution is 6.09. The van der Waals surface area contributed by atoms with Crippen molar-refractivity contribution in [3.05, 3.63) is 42.4 Å². The van der Waals surface area contributed by atoms with Crippen molar-refractivity contribution in [1.82, 2.24) is 9.97 Å². The molecule has 1 heterocycles. The standard InChI is InChI=1S/C19H22N4O2/c1-2-25-19(24)9-13-7-15(8-13)21-11-14(10-20)18-12-22-16-5-3-4-6-17(16)23-18/h3-6,10-13,15H,2,7-9,20H2,1H3. The number of hydrogen-bond donors (Lipinski definition) is 1. The van der Waals surface area contributed by atoms with Crippen LogP contribution < -0.4 is 5.73 Å². The van der Waals surface area contributed by atoms with Gasteiger partial charge >= 0.3 is 5.97 Å². The van der Waals surface area contributed by atoms with Gasteiger partial charge in [-0.1, -0.05) is 12.1 Å². The molecule has 0 aliphatic heterocycles. The zero-order valence-corrected chi connectivity index (χ0v) is 14.3. The summed E-state index contributed by atoms with van der Waals surface area (Å²) < 4.78 is 4.97. The summed E-state index contributed by atoms with van der Waals surface area (Å²) in [7, 11) is 0. The van der Waals surface area contributed by atoms with E-state index in [-0.39, 0.29) is 12.0 Å². The predicted octanol–water partition coefficient (Wildman–Crippen LogP) is 2.73. The van der Waals surface area contributed by atoms with Crippen molar-refractivity contribution >= 4 is 28.8 Å². The highest BCUT2D eigenvalue weighted by atomic mass is 16.5. The molecule has 2 N–H and O–H groups in total. The number of carbonyl (C=O) groups excluding carboxylic acids is 1. The fourth-order valence-electron chi connectivity index (χ4n) is 2.92. The third-order valence-corrected chi connectivity index (χ3v) is 4.32. The quantitative estimate of drug-likeness (QED) is 0.646. The van der Waals surface area contributed by atoms with E-state index in [0.717, 1.165) is 29.4 Å². The maximum Gasteiger partial charge on any atom is 0.306 e. The van der Waals surface area contributed by atoms with E-state index in [1.54, 1.807) is 12.4 Å². The molecule has 0 bridgehead atoms. The van der Waals surface area contributed by atoms with Gasteiger partial charge in [-0.2, -0.15) is 0 Å². The number of para-hydroxylation sites is 2. The van der Waals surface area contributed by atoms with Crippen molar-refractivity contribution in [2.24, 2.45) is 16.6 Å². The number of nitrogens with two attached hydrogens (primary N) is 1. The van der Waals surface area contributed by atoms with Crippen molar-refractivity contribution in [1.29, 1.82) is 0 Å². The summed E-state index contributed by atoms with van der Waals surface area (Å²) in [6.45, 7) is 2.26. The maximum absolute atomic E-state index is 11.5. The van der Waals surface area contributed by atoms with Gasteiger partial charge in [0.25, 0.3) is 0 Å². The zero-order valence-electron chi connectivity index (χ0n) is 14.3. The molecule has 0 saturated heterocycles. The van der Waals surface area contributed by atoms with Crippen LogP contribution >= 0.6 is 0 Å². The maximum atomic E-state index is 11.5. The minimum absolute atomic E-state index is 0.121. The van der Waals surface area contributed by atoms with E-state index in [4.69, 9.17) is 10.5 Å². The van der Waals surface area contributed by atoms with Gasteiger partial charge in [0.2, 0.25) is 0 Å². The molecular weight excluding hydrogens is 316 g/mol. The number of hydrogen-bond acceptors (Lipinski definition) is 6. The minimum Gasteiger partial charge on any atom is -0.466 e. The molecule has 3 rings (SSSR count). The van der Waals surface area contributed by atoms with Gasteiger partial charge in [0.15, 0.2) is 0 Å². The molecule has 2 aromatic rings. The van der Waals surface area contributed by atoms with Crippen molar-refractivity contribution in [2.45, 2.75) is 32.2 Å². The third-order valence-electron chi connectivity index (χ3n) is 4.32. The van der Waals surface area contributed by atoms with Crippen LogP contribution in [0.1, 0.15) is 31.9 Å². The molecule has 1 aromatic heterocycles. The van der Waals surface area contributed by atoms with Gasteiger partial charge in [0, 0.05) is 24.4 Å². The number of rotatable bonds is 6. The molecule has 1 saturated carbocycles. The first-order valence-electron chi connectivity index (χ1n) is 8.52. The Balaban J connectivity index is 1.59. The van der Waals surface area contributed by atoms with Gasteiger partial charge in [0.1, 0.15) is 0 Å². The summed E-state index contributed by atoms with van der Waals surface area (Å²) in [6, 6.07) is 7.93. The van der Waals surface area contributed by atoms with Gasteiger partial charge in [-0.05, 0) is 37.8 Å². The number of allylic oxidation sites excluding steroid dienone is 1. The number of ether oxygens (including phenoxy) is 1. The first kappa shape index (κ1) is 17.1. The van der Waals surface area contributed by atoms with Crippen LogP contribution in [0.25, 0.3) is 16.6 Å². The number of carbonyl (C=O) groups is 1. The summed E-state index contributed by atoms with van der Waals surface area (Å²) in [6.07, 6.45) is 7.24. The monoisotopic (exact) mass is 338 g/mol. The van der Waals surface area contributed by atoms with E-state index in [9.17, 15) is 4.79 Å². The highest BCUT2D eigenvalue weighted by Crippen LogP contribution is 2.33. The molecule has 0 amide bonds. The number of nitrogens with zero attached hydrogens (tertiary/aromatic N) is 3. The topological polar surface area (TPSA) is 90.5 Å². The van der Waals surface area contributed by atoms with E-state index in [1.807, 2.05) is 31.2 Å². The van der Waals surface area contributed by atoms with E-state index in [2.05, 4.69) is 15.0 Å². The molecule has 1 fully saturated rings. The van der Waals surface area contributed by atoms with Crippen molar-refractivity contribution in [3.8, 4) is 0 Å². The molecule has 0 atom stereocenters. The Morgan fingerprint density at radius 2 is 2.12 bits per heavy atom. The summed E-state index contributed by atoms with van der Waals surface area (Å²) in [5.41, 5.74) is 8.86. The molecule has 6 heteroatoms. The molecule has 0 radical (unpaired) electrons. The van der Waals surface area contributed by atoms with Crippen molar-refractivity contribution < 1.29 is 9.53 Å². The van der Waals surface area contributed by atoms with Crippen molar-refractivity contribution in [3.63, 3.8) is 0 Å². The fraction of sp³-hybridized carbons (Fsp3) is 0.368. The second-order valence-electron chi connectivity index (χ2n) is 6.14. The SMILES string of the molecule is CCOC(=O)CC1CC(N=CC(=CN)c2cnc3ccccc3n2)C1. The van der Waals surface area contributed by atoms with Crippen LogP contribution in [-0.2, 0) is 9.53 Å². The number of aromatic nitrogens is 2. The molecular formula is C19H22N4O2. The number of aliphatic imine (C=N–C) groups is 1. The Bertz CT molecular complexity index is 810. The van der Waals surface area contributed by atoms with Gasteiger partial charge < -0.3 is 10.5 Å². The lowest BCUT2D eigenvalue weighted by Crippen LogP contribution is -2.29. The smallest absolute Gasteiger partial charge is 0.306 e. The van der Waals surface area contributed by atoms with Gasteiger partial charge in [-0.25, -0.2) is 4.98 Å². The number of esters is 1. The van der Waals surface area contributed by atoms with Crippen LogP contribution in [0.15, 0.2) is 41.7 Å². The molecule has 6 nitrogen and oxygen atoms in total. The van der Waals surface area contributed by atoms with Crippen LogP contribution in [0.4, 0.5) is 0 Å². The first-order valence-corrected chi connectivity index (χ1v) is 8.52. The number of fused-ring (bicyclic) bond motifs is 1. The Morgan fingerprint density at radius 3 is 2.84 bits per heavy atom. The van der Waals surface area contributed by atoms with Crippen LogP contribution in [0.2, 0.25) is 0 Å². The minimum atomic E-state index is -0.121. The molecule has 1 aliphatic carbocycles. The lowest BCUT2D eigenvalue weighted by atomic mass is 9.78. The Morgan fingerprint density at radius 1 is 1.36 bits per heavy atom. The van der Waals surface area contributed by atoms with Crippen molar-refractivity contribution in [2.75, 3.05) is 6.61 Å². The molecule has 1 aromatic carbocycles. The van der Waals surface area contributed by atoms with Crippen LogP contribution in [-0.4, -0.2) is 34.8 Å². The predicted molar refractivity (Wildman–Crippen MR) is 98.0 cm³/mol. The Hall–Kier alpha value is -2.76. The summed E-state index contributed by atoms with van der Waals surface area (Å²) >= 11 is 0. The van der Waals surface area contributed by atoms with Gasteiger partial charge in [-0.3, -0.25) is 14.8 Å². The van der Waals surface area contributed by atoms with Gasteiger partial charge in [-0.15, -0.1) is 0 Å². The lowest BCUT2D eigenvalue weighted by Gasteiger charge is -2.31. The summed E-state index contributed by atoms with van der Waals surface area (Å²) in [5, 5.41) is 0. The third kappa shape index (κ3) is 4.21. The zero-order chi connectivity index (χ0) is 17.6. The van der Waals surface area contributed by atoms with Crippen LogP contribution in [0.3, 0.4) is 0 Å². The lowest BCUT2D eigenvalue weighted by molar-refractivity contribution is -0.145. The molecule has 0 unspecified atom stereocenters. The van der Waals surface area contributed by atoms with E-state index in [0.29, 0.717) is 24.6 Å². The highest BCUT2D eigenvalue weighted by Gasteiger charge is 2.30. The summed E-state index contributed by atoms with van der Waals surface area (Å²) in [4.78, 5) is 25.0. The average Bonchev–Trinajstić information content (AvgIpc) is 2.59. The van der Waals surface area contributed by atoms with E-state index >= 15 is 0 Å². The fourth-order valence-corrected chi connectivity index (χ4v) is 2.92. The number of benzene rings is 1. The summed E-state index contributed by atoms with van der Waals surface area (Å²) in [5.74, 6) is 0.246. The molecule has 130 valence electrons. The molecule has 25 heavy (non-hydrogen) atoms. The molecule has 1 aliphatic rings. The normalized spacial score (nSPS) is 20.6. The van der Waals surface area contributed by atoms with Crippen LogP contribution in [0.5, 0.6) is 0 Å². The molecule has 0 spiro atoms. The van der Waals surface area contributed by atoms with Crippen LogP contribution in [0, 0.1) is 5.92 Å². The van der Waals surface area contributed by atoms with E-state index < -0.39 is 0 Å². The second kappa shape index (κ2) is 7.88. The average molecular weight is 338 g/mol. The van der Waals surface area contributed by atoms with Gasteiger partial charge in [0.05, 0.1) is 35.6 Å².